The normalized spacial score (nSPS) is 11.3. The smallest absolute Gasteiger partial charge is 0.420 e. The number of carbonyl (C=O) groups excluding carboxylic acids is 1. The van der Waals surface area contributed by atoms with Crippen LogP contribution in [0.1, 0.15) is 15.9 Å². The Morgan fingerprint density at radius 1 is 1.05 bits per heavy atom. The fourth-order valence-electron chi connectivity index (χ4n) is 1.61. The molecule has 7 heteroatoms. The van der Waals surface area contributed by atoms with Crippen molar-refractivity contribution in [2.75, 3.05) is 0 Å². The maximum Gasteiger partial charge on any atom is 0.420 e. The molecule has 110 valence electrons. The molecule has 0 aromatic heterocycles. The van der Waals surface area contributed by atoms with Gasteiger partial charge in [-0.25, -0.2) is 0 Å². The average molecular weight is 335 g/mol. The molecular formula is C14H7Cl2F3O2. The zero-order valence-corrected chi connectivity index (χ0v) is 11.8. The summed E-state index contributed by atoms with van der Waals surface area (Å²) in [6.45, 7) is 0. The van der Waals surface area contributed by atoms with Crippen molar-refractivity contribution in [3.63, 3.8) is 0 Å². The summed E-state index contributed by atoms with van der Waals surface area (Å²) in [5.41, 5.74) is -1.17. The van der Waals surface area contributed by atoms with Gasteiger partial charge < -0.3 is 4.74 Å². The van der Waals surface area contributed by atoms with E-state index in [2.05, 4.69) is 0 Å². The van der Waals surface area contributed by atoms with Gasteiger partial charge in [-0.2, -0.15) is 13.2 Å². The lowest BCUT2D eigenvalue weighted by Gasteiger charge is -2.15. The molecule has 0 aliphatic heterocycles. The molecule has 0 atom stereocenters. The van der Waals surface area contributed by atoms with Gasteiger partial charge in [0, 0.05) is 5.56 Å². The van der Waals surface area contributed by atoms with Gasteiger partial charge in [0.25, 0.3) is 0 Å². The third kappa shape index (κ3) is 3.49. The van der Waals surface area contributed by atoms with Crippen molar-refractivity contribution in [3.8, 4) is 11.5 Å². The van der Waals surface area contributed by atoms with Crippen LogP contribution in [-0.4, -0.2) is 6.29 Å². The van der Waals surface area contributed by atoms with Crippen LogP contribution in [0.15, 0.2) is 36.4 Å². The van der Waals surface area contributed by atoms with Crippen molar-refractivity contribution in [1.82, 2.24) is 0 Å². The van der Waals surface area contributed by atoms with Crippen LogP contribution in [0.5, 0.6) is 11.5 Å². The van der Waals surface area contributed by atoms with Crippen LogP contribution < -0.4 is 4.74 Å². The minimum Gasteiger partial charge on any atom is -0.455 e. The molecule has 0 saturated heterocycles. The zero-order chi connectivity index (χ0) is 15.6. The van der Waals surface area contributed by atoms with Crippen LogP contribution in [-0.2, 0) is 6.18 Å². The lowest BCUT2D eigenvalue weighted by atomic mass is 10.1. The van der Waals surface area contributed by atoms with Crippen LogP contribution in [0, 0.1) is 0 Å². The Bertz CT molecular complexity index is 684. The standard InChI is InChI=1S/C14H7Cl2F3O2/c15-10-2-1-3-12(13(10)16)21-11-5-4-8(7-20)6-9(11)14(17,18)19/h1-7H. The van der Waals surface area contributed by atoms with Gasteiger partial charge in [-0.1, -0.05) is 29.3 Å². The van der Waals surface area contributed by atoms with Gasteiger partial charge in [0.05, 0.1) is 10.6 Å². The molecule has 0 spiro atoms. The SMILES string of the molecule is O=Cc1ccc(Oc2cccc(Cl)c2Cl)c(C(F)(F)F)c1. The monoisotopic (exact) mass is 334 g/mol. The van der Waals surface area contributed by atoms with E-state index < -0.39 is 17.5 Å². The molecule has 2 rings (SSSR count). The Morgan fingerprint density at radius 2 is 1.76 bits per heavy atom. The van der Waals surface area contributed by atoms with E-state index >= 15 is 0 Å². The molecule has 0 radical (unpaired) electrons. The fourth-order valence-corrected chi connectivity index (χ4v) is 1.94. The molecule has 0 saturated carbocycles. The second-order valence-electron chi connectivity index (χ2n) is 4.03. The van der Waals surface area contributed by atoms with Crippen LogP contribution in [0.4, 0.5) is 13.2 Å². The molecule has 21 heavy (non-hydrogen) atoms. The number of carbonyl (C=O) groups is 1. The molecule has 0 unspecified atom stereocenters. The van der Waals surface area contributed by atoms with E-state index in [1.807, 2.05) is 0 Å². The van der Waals surface area contributed by atoms with Crippen LogP contribution >= 0.6 is 23.2 Å². The summed E-state index contributed by atoms with van der Waals surface area (Å²) in [4.78, 5) is 10.6. The summed E-state index contributed by atoms with van der Waals surface area (Å²) >= 11 is 11.7. The summed E-state index contributed by atoms with van der Waals surface area (Å²) in [5.74, 6) is -0.467. The van der Waals surface area contributed by atoms with E-state index in [0.717, 1.165) is 6.07 Å². The van der Waals surface area contributed by atoms with Gasteiger partial charge in [0.2, 0.25) is 0 Å². The van der Waals surface area contributed by atoms with Gasteiger partial charge in [0.1, 0.15) is 22.8 Å². The molecule has 0 fully saturated rings. The summed E-state index contributed by atoms with van der Waals surface area (Å²) in [7, 11) is 0. The number of hydrogen-bond acceptors (Lipinski definition) is 2. The third-order valence-electron chi connectivity index (χ3n) is 2.58. The zero-order valence-electron chi connectivity index (χ0n) is 10.2. The minimum absolute atomic E-state index is 0.00600. The molecule has 2 nitrogen and oxygen atoms in total. The van der Waals surface area contributed by atoms with Gasteiger partial charge in [-0.3, -0.25) is 4.79 Å². The highest BCUT2D eigenvalue weighted by Crippen LogP contribution is 2.41. The first-order valence-corrected chi connectivity index (χ1v) is 6.37. The number of aldehydes is 1. The van der Waals surface area contributed by atoms with Crippen LogP contribution in [0.25, 0.3) is 0 Å². The van der Waals surface area contributed by atoms with Crippen LogP contribution in [0.3, 0.4) is 0 Å². The first kappa shape index (κ1) is 15.7. The predicted octanol–water partition coefficient (Wildman–Crippen LogP) is 5.62. The average Bonchev–Trinajstić information content (AvgIpc) is 2.43. The quantitative estimate of drug-likeness (QED) is 0.681. The number of halogens is 5. The predicted molar refractivity (Wildman–Crippen MR) is 73.4 cm³/mol. The number of benzene rings is 2. The molecule has 2 aromatic carbocycles. The maximum absolute atomic E-state index is 13.0. The van der Waals surface area contributed by atoms with Crippen molar-refractivity contribution in [2.24, 2.45) is 0 Å². The summed E-state index contributed by atoms with van der Waals surface area (Å²) < 4.78 is 44.2. The lowest BCUT2D eigenvalue weighted by Crippen LogP contribution is -2.08. The topological polar surface area (TPSA) is 26.3 Å². The van der Waals surface area contributed by atoms with E-state index in [-0.39, 0.29) is 21.4 Å². The molecular weight excluding hydrogens is 328 g/mol. The molecule has 0 bridgehead atoms. The van der Waals surface area contributed by atoms with E-state index in [1.54, 1.807) is 0 Å². The Morgan fingerprint density at radius 3 is 2.38 bits per heavy atom. The van der Waals surface area contributed by atoms with Crippen molar-refractivity contribution >= 4 is 29.5 Å². The second kappa shape index (κ2) is 5.95. The fraction of sp³-hybridized carbons (Fsp3) is 0.0714. The van der Waals surface area contributed by atoms with Gasteiger partial charge in [0.15, 0.2) is 0 Å². The number of ether oxygens (including phenoxy) is 1. The van der Waals surface area contributed by atoms with E-state index in [1.165, 1.54) is 24.3 Å². The molecule has 0 aliphatic rings. The molecule has 0 aliphatic carbocycles. The highest BCUT2D eigenvalue weighted by atomic mass is 35.5. The Kier molecular flexibility index (Phi) is 4.44. The van der Waals surface area contributed by atoms with Crippen molar-refractivity contribution in [1.29, 1.82) is 0 Å². The Balaban J connectivity index is 2.49. The van der Waals surface area contributed by atoms with Crippen molar-refractivity contribution < 1.29 is 22.7 Å². The summed E-state index contributed by atoms with van der Waals surface area (Å²) in [6, 6.07) is 7.36. The van der Waals surface area contributed by atoms with E-state index in [0.29, 0.717) is 12.4 Å². The Hall–Kier alpha value is -1.72. The van der Waals surface area contributed by atoms with Gasteiger partial charge in [-0.15, -0.1) is 0 Å². The van der Waals surface area contributed by atoms with Crippen molar-refractivity contribution in [3.05, 3.63) is 57.6 Å². The lowest BCUT2D eigenvalue weighted by molar-refractivity contribution is -0.138. The maximum atomic E-state index is 13.0. The summed E-state index contributed by atoms with van der Waals surface area (Å²) in [5, 5.41) is 0.166. The molecule has 2 aromatic rings. The largest absolute Gasteiger partial charge is 0.455 e. The minimum atomic E-state index is -4.67. The molecule has 0 amide bonds. The molecule has 0 N–H and O–H groups in total. The second-order valence-corrected chi connectivity index (χ2v) is 4.81. The first-order chi connectivity index (χ1) is 9.82. The highest BCUT2D eigenvalue weighted by Gasteiger charge is 2.35. The highest BCUT2D eigenvalue weighted by molar-refractivity contribution is 6.42. The molecule has 0 heterocycles. The van der Waals surface area contributed by atoms with Crippen LogP contribution in [0.2, 0.25) is 10.0 Å². The Labute approximate surface area is 128 Å². The van der Waals surface area contributed by atoms with E-state index in [4.69, 9.17) is 27.9 Å². The number of alkyl halides is 3. The third-order valence-corrected chi connectivity index (χ3v) is 3.38. The van der Waals surface area contributed by atoms with Crippen molar-refractivity contribution in [2.45, 2.75) is 6.18 Å². The number of rotatable bonds is 3. The number of hydrogen-bond donors (Lipinski definition) is 0. The summed E-state index contributed by atoms with van der Waals surface area (Å²) in [6.07, 6.45) is -4.34. The van der Waals surface area contributed by atoms with Gasteiger partial charge >= 0.3 is 6.18 Å². The first-order valence-electron chi connectivity index (χ1n) is 5.61. The van der Waals surface area contributed by atoms with E-state index in [9.17, 15) is 18.0 Å². The van der Waals surface area contributed by atoms with Gasteiger partial charge in [-0.05, 0) is 30.3 Å².